The summed E-state index contributed by atoms with van der Waals surface area (Å²) in [6, 6.07) is 4.06. The van der Waals surface area contributed by atoms with Crippen molar-refractivity contribution in [3.05, 3.63) is 35.8 Å². The van der Waals surface area contributed by atoms with Crippen molar-refractivity contribution in [1.82, 2.24) is 10.3 Å². The summed E-state index contributed by atoms with van der Waals surface area (Å²) in [6.45, 7) is 1.54. The minimum atomic E-state index is -1.27. The smallest absolute Gasteiger partial charge is 0.321 e. The van der Waals surface area contributed by atoms with Gasteiger partial charge in [-0.3, -0.25) is 14.4 Å². The summed E-state index contributed by atoms with van der Waals surface area (Å²) in [7, 11) is 0. The first-order chi connectivity index (χ1) is 11.4. The fraction of sp³-hybridized carbons (Fsp3) is 0.353. The molecular weight excluding hydrogens is 315 g/mol. The van der Waals surface area contributed by atoms with E-state index in [0.29, 0.717) is 30.3 Å². The van der Waals surface area contributed by atoms with Gasteiger partial charge < -0.3 is 15.0 Å². The Labute approximate surface area is 137 Å². The zero-order valence-corrected chi connectivity index (χ0v) is 13.1. The number of H-pyrrole nitrogens is 1. The van der Waals surface area contributed by atoms with Crippen LogP contribution in [0.4, 0.5) is 4.39 Å². The topological polar surface area (TPSA) is 88.3 Å². The molecule has 0 spiro atoms. The SMILES string of the molecule is CC1(C(=O)OCC(=O)c2c[nH]c3ccc(F)cc23)CCCNC1=O. The molecule has 1 aliphatic rings. The first-order valence-electron chi connectivity index (χ1n) is 7.67. The van der Waals surface area contributed by atoms with Crippen molar-refractivity contribution in [3.8, 4) is 0 Å². The summed E-state index contributed by atoms with van der Waals surface area (Å²) in [6.07, 6.45) is 2.51. The molecule has 2 aromatic rings. The Morgan fingerprint density at radius 3 is 2.92 bits per heavy atom. The number of rotatable bonds is 4. The number of Topliss-reactive ketones (excluding diaryl/α,β-unsaturated/α-hetero) is 1. The predicted molar refractivity (Wildman–Crippen MR) is 83.9 cm³/mol. The van der Waals surface area contributed by atoms with Crippen molar-refractivity contribution in [2.45, 2.75) is 19.8 Å². The number of nitrogens with one attached hydrogen (secondary N) is 2. The van der Waals surface area contributed by atoms with Crippen LogP contribution < -0.4 is 5.32 Å². The van der Waals surface area contributed by atoms with E-state index < -0.39 is 29.6 Å². The second kappa shape index (κ2) is 6.07. The number of piperidine rings is 1. The maximum atomic E-state index is 13.4. The van der Waals surface area contributed by atoms with Crippen LogP contribution in [0.3, 0.4) is 0 Å². The standard InChI is InChI=1S/C17H17FN2O4/c1-17(5-2-6-19-15(17)22)16(23)24-9-14(21)12-8-20-13-4-3-10(18)7-11(12)13/h3-4,7-8,20H,2,5-6,9H2,1H3,(H,19,22). The van der Waals surface area contributed by atoms with Crippen molar-refractivity contribution in [2.75, 3.05) is 13.2 Å². The largest absolute Gasteiger partial charge is 0.456 e. The lowest BCUT2D eigenvalue weighted by molar-refractivity contribution is -0.161. The van der Waals surface area contributed by atoms with Gasteiger partial charge in [0, 0.05) is 29.2 Å². The number of ether oxygens (including phenoxy) is 1. The zero-order chi connectivity index (χ0) is 17.3. The summed E-state index contributed by atoms with van der Waals surface area (Å²) >= 11 is 0. The molecule has 0 aliphatic carbocycles. The quantitative estimate of drug-likeness (QED) is 0.509. The van der Waals surface area contributed by atoms with Gasteiger partial charge >= 0.3 is 5.97 Å². The fourth-order valence-corrected chi connectivity index (χ4v) is 2.84. The van der Waals surface area contributed by atoms with Crippen molar-refractivity contribution in [1.29, 1.82) is 0 Å². The number of aromatic nitrogens is 1. The number of hydrogen-bond donors (Lipinski definition) is 2. The molecule has 1 aliphatic heterocycles. The molecule has 7 heteroatoms. The molecule has 126 valence electrons. The molecule has 1 fully saturated rings. The molecule has 0 bridgehead atoms. The van der Waals surface area contributed by atoms with E-state index in [1.165, 1.54) is 31.3 Å². The van der Waals surface area contributed by atoms with Gasteiger partial charge in [0.1, 0.15) is 11.2 Å². The Morgan fingerprint density at radius 2 is 2.17 bits per heavy atom. The zero-order valence-electron chi connectivity index (χ0n) is 13.1. The van der Waals surface area contributed by atoms with Gasteiger partial charge in [0.25, 0.3) is 0 Å². The van der Waals surface area contributed by atoms with E-state index in [4.69, 9.17) is 4.74 Å². The van der Waals surface area contributed by atoms with Crippen LogP contribution in [0.5, 0.6) is 0 Å². The maximum absolute atomic E-state index is 13.4. The van der Waals surface area contributed by atoms with E-state index in [-0.39, 0.29) is 11.5 Å². The maximum Gasteiger partial charge on any atom is 0.321 e. The number of esters is 1. The van der Waals surface area contributed by atoms with Gasteiger partial charge in [-0.2, -0.15) is 0 Å². The molecule has 0 saturated carbocycles. The van der Waals surface area contributed by atoms with Gasteiger partial charge in [-0.05, 0) is 38.0 Å². The highest BCUT2D eigenvalue weighted by Gasteiger charge is 2.44. The summed E-state index contributed by atoms with van der Waals surface area (Å²) in [5, 5.41) is 3.06. The predicted octanol–water partition coefficient (Wildman–Crippen LogP) is 1.95. The molecule has 1 amide bonds. The number of aromatic amines is 1. The van der Waals surface area contributed by atoms with E-state index in [1.807, 2.05) is 0 Å². The van der Waals surface area contributed by atoms with E-state index in [2.05, 4.69) is 10.3 Å². The monoisotopic (exact) mass is 332 g/mol. The molecule has 1 aromatic heterocycles. The van der Waals surface area contributed by atoms with E-state index in [1.54, 1.807) is 0 Å². The Hall–Kier alpha value is -2.70. The van der Waals surface area contributed by atoms with Crippen molar-refractivity contribution in [3.63, 3.8) is 0 Å². The molecule has 1 saturated heterocycles. The highest BCUT2D eigenvalue weighted by Crippen LogP contribution is 2.28. The Morgan fingerprint density at radius 1 is 1.38 bits per heavy atom. The van der Waals surface area contributed by atoms with E-state index >= 15 is 0 Å². The van der Waals surface area contributed by atoms with Gasteiger partial charge in [0.05, 0.1) is 0 Å². The number of ketones is 1. The van der Waals surface area contributed by atoms with E-state index in [9.17, 15) is 18.8 Å². The summed E-state index contributed by atoms with van der Waals surface area (Å²) in [4.78, 5) is 39.3. The molecule has 6 nitrogen and oxygen atoms in total. The second-order valence-electron chi connectivity index (χ2n) is 6.08. The Balaban J connectivity index is 1.72. The number of amides is 1. The Kier molecular flexibility index (Phi) is 4.09. The fourth-order valence-electron chi connectivity index (χ4n) is 2.84. The van der Waals surface area contributed by atoms with Crippen LogP contribution in [0.2, 0.25) is 0 Å². The molecule has 3 rings (SSSR count). The van der Waals surface area contributed by atoms with Crippen LogP contribution >= 0.6 is 0 Å². The van der Waals surface area contributed by atoms with Gasteiger partial charge in [0.15, 0.2) is 6.61 Å². The first-order valence-corrected chi connectivity index (χ1v) is 7.67. The number of benzene rings is 1. The molecule has 24 heavy (non-hydrogen) atoms. The number of fused-ring (bicyclic) bond motifs is 1. The number of carbonyl (C=O) groups is 3. The van der Waals surface area contributed by atoms with Crippen molar-refractivity contribution >= 4 is 28.6 Å². The van der Waals surface area contributed by atoms with Crippen LogP contribution in [0.15, 0.2) is 24.4 Å². The van der Waals surface area contributed by atoms with Gasteiger partial charge in [-0.25, -0.2) is 4.39 Å². The lowest BCUT2D eigenvalue weighted by Crippen LogP contribution is -2.49. The van der Waals surface area contributed by atoms with Gasteiger partial charge in [0.2, 0.25) is 11.7 Å². The lowest BCUT2D eigenvalue weighted by Gasteiger charge is -2.29. The molecule has 0 radical (unpaired) electrons. The summed E-state index contributed by atoms with van der Waals surface area (Å²) in [5.74, 6) is -2.03. The molecule has 1 atom stereocenters. The van der Waals surface area contributed by atoms with Crippen LogP contribution in [0, 0.1) is 11.2 Å². The highest BCUT2D eigenvalue weighted by atomic mass is 19.1. The third-order valence-corrected chi connectivity index (χ3v) is 4.37. The van der Waals surface area contributed by atoms with Crippen LogP contribution in [0.25, 0.3) is 10.9 Å². The van der Waals surface area contributed by atoms with Crippen molar-refractivity contribution in [2.24, 2.45) is 5.41 Å². The minimum Gasteiger partial charge on any atom is -0.456 e. The second-order valence-corrected chi connectivity index (χ2v) is 6.08. The third kappa shape index (κ3) is 2.77. The first kappa shape index (κ1) is 16.2. The summed E-state index contributed by atoms with van der Waals surface area (Å²) < 4.78 is 18.4. The van der Waals surface area contributed by atoms with Crippen molar-refractivity contribution < 1.29 is 23.5 Å². The van der Waals surface area contributed by atoms with Crippen LogP contribution in [-0.2, 0) is 14.3 Å². The van der Waals surface area contributed by atoms with Crippen LogP contribution in [0.1, 0.15) is 30.1 Å². The normalized spacial score (nSPS) is 20.7. The number of carbonyl (C=O) groups excluding carboxylic acids is 3. The highest BCUT2D eigenvalue weighted by molar-refractivity contribution is 6.09. The average Bonchev–Trinajstić information content (AvgIpc) is 2.98. The number of halogens is 1. The molecule has 1 unspecified atom stereocenters. The number of hydrogen-bond acceptors (Lipinski definition) is 4. The lowest BCUT2D eigenvalue weighted by atomic mass is 9.82. The average molecular weight is 332 g/mol. The minimum absolute atomic E-state index is 0.246. The molecule has 1 aromatic carbocycles. The summed E-state index contributed by atoms with van der Waals surface area (Å²) in [5.41, 5.74) is -0.412. The van der Waals surface area contributed by atoms with Crippen LogP contribution in [-0.4, -0.2) is 35.8 Å². The molecular formula is C17H17FN2O4. The van der Waals surface area contributed by atoms with Gasteiger partial charge in [-0.1, -0.05) is 0 Å². The Bertz CT molecular complexity index is 829. The van der Waals surface area contributed by atoms with E-state index in [0.717, 1.165) is 0 Å². The third-order valence-electron chi connectivity index (χ3n) is 4.37. The van der Waals surface area contributed by atoms with Gasteiger partial charge in [-0.15, -0.1) is 0 Å². The molecule has 2 N–H and O–H groups in total. The molecule has 2 heterocycles.